The van der Waals surface area contributed by atoms with Crippen molar-refractivity contribution >= 4 is 40.0 Å². The molecule has 0 amide bonds. The van der Waals surface area contributed by atoms with Gasteiger partial charge in [-0.2, -0.15) is 4.31 Å². The monoisotopic (exact) mass is 519 g/mol. The molecule has 0 radical (unpaired) electrons. The molecule has 10 heteroatoms. The molecule has 3 rings (SSSR count). The van der Waals surface area contributed by atoms with Crippen LogP contribution in [0.1, 0.15) is 16.8 Å². The fraction of sp³-hybridized carbons (Fsp3) is 0.444. The smallest absolute Gasteiger partial charge is 0.220 e. The van der Waals surface area contributed by atoms with Crippen molar-refractivity contribution in [3.8, 4) is 0 Å². The zero-order chi connectivity index (χ0) is 19.3. The first-order chi connectivity index (χ1) is 13.0. The largest absolute Gasteiger partial charge is 0.364 e. The van der Waals surface area contributed by atoms with Crippen molar-refractivity contribution in [1.82, 2.24) is 19.7 Å². The van der Waals surface area contributed by atoms with Gasteiger partial charge in [-0.1, -0.05) is 35.0 Å². The number of nitrogens with one attached hydrogen (secondary N) is 1. The molecule has 1 saturated heterocycles. The molecule has 0 unspecified atom stereocenters. The van der Waals surface area contributed by atoms with Gasteiger partial charge in [-0.25, -0.2) is 8.42 Å². The molecular weight excluding hydrogens is 493 g/mol. The van der Waals surface area contributed by atoms with Crippen LogP contribution in [0.4, 0.5) is 0 Å². The molecule has 0 spiro atoms. The number of hydrogen-bond acceptors (Lipinski definition) is 5. The van der Waals surface area contributed by atoms with Crippen molar-refractivity contribution in [3.63, 3.8) is 0 Å². The molecule has 8 nitrogen and oxygen atoms in total. The summed E-state index contributed by atoms with van der Waals surface area (Å²) in [5, 5.41) is 7.04. The third kappa shape index (κ3) is 5.92. The number of piperazine rings is 1. The molecule has 1 aromatic heterocycles. The van der Waals surface area contributed by atoms with E-state index < -0.39 is 10.0 Å². The van der Waals surface area contributed by atoms with E-state index in [4.69, 9.17) is 4.52 Å². The first-order valence-electron chi connectivity index (χ1n) is 8.86. The van der Waals surface area contributed by atoms with Gasteiger partial charge in [-0.3, -0.25) is 4.99 Å². The number of rotatable bonds is 5. The Kier molecular flexibility index (Phi) is 8.25. The van der Waals surface area contributed by atoms with Crippen molar-refractivity contribution in [2.45, 2.75) is 19.2 Å². The average molecular weight is 519 g/mol. The Labute approximate surface area is 183 Å². The number of halogens is 1. The van der Waals surface area contributed by atoms with Gasteiger partial charge >= 0.3 is 0 Å². The summed E-state index contributed by atoms with van der Waals surface area (Å²) in [7, 11) is -1.66. The summed E-state index contributed by atoms with van der Waals surface area (Å²) in [6.45, 7) is 4.76. The number of aromatic nitrogens is 1. The van der Waals surface area contributed by atoms with Crippen molar-refractivity contribution in [1.29, 1.82) is 0 Å². The molecule has 2 aromatic rings. The van der Waals surface area contributed by atoms with E-state index in [0.717, 1.165) is 5.96 Å². The van der Waals surface area contributed by atoms with Gasteiger partial charge in [0.2, 0.25) is 10.0 Å². The Morgan fingerprint density at radius 1 is 1.18 bits per heavy atom. The summed E-state index contributed by atoms with van der Waals surface area (Å²) in [6.07, 6.45) is 1.38. The molecule has 1 N–H and O–H groups in total. The maximum Gasteiger partial charge on any atom is 0.220 e. The van der Waals surface area contributed by atoms with E-state index in [1.807, 2.05) is 0 Å². The Hall–Kier alpha value is -1.66. The lowest BCUT2D eigenvalue weighted by Crippen LogP contribution is -2.53. The fourth-order valence-electron chi connectivity index (χ4n) is 2.99. The van der Waals surface area contributed by atoms with Crippen LogP contribution in [-0.4, -0.2) is 62.0 Å². The molecule has 0 aliphatic carbocycles. The van der Waals surface area contributed by atoms with Crippen molar-refractivity contribution in [3.05, 3.63) is 53.4 Å². The van der Waals surface area contributed by atoms with Crippen LogP contribution in [0.2, 0.25) is 0 Å². The quantitative estimate of drug-likeness (QED) is 0.368. The molecule has 2 heterocycles. The van der Waals surface area contributed by atoms with Crippen LogP contribution in [0, 0.1) is 6.92 Å². The number of sulfonamides is 1. The molecule has 1 aliphatic rings. The number of aryl methyl sites for hydroxylation is 1. The van der Waals surface area contributed by atoms with Gasteiger partial charge in [0.15, 0.2) is 5.96 Å². The van der Waals surface area contributed by atoms with Crippen LogP contribution < -0.4 is 5.32 Å². The number of hydrogen-bond donors (Lipinski definition) is 1. The van der Waals surface area contributed by atoms with E-state index in [9.17, 15) is 8.42 Å². The van der Waals surface area contributed by atoms with Crippen LogP contribution in [0.5, 0.6) is 0 Å². The Morgan fingerprint density at radius 2 is 1.86 bits per heavy atom. The zero-order valence-corrected chi connectivity index (χ0v) is 19.2. The second-order valence-electron chi connectivity index (χ2n) is 6.52. The Bertz CT molecular complexity index is 861. The third-order valence-electron chi connectivity index (χ3n) is 4.54. The topological polar surface area (TPSA) is 91.0 Å². The van der Waals surface area contributed by atoms with Crippen LogP contribution in [0.25, 0.3) is 0 Å². The van der Waals surface area contributed by atoms with E-state index in [1.54, 1.807) is 13.1 Å². The standard InChI is InChI=1S/C18H25N5O3S.HI/c1-15-3-5-16(6-4-15)13-20-18(19-2)22-8-10-23(11-9-22)27(24,25)14-17-7-12-26-21-17;/h3-7,12H,8-11,13-14H2,1-2H3,(H,19,20);1H. The maximum atomic E-state index is 12.5. The molecule has 1 aromatic carbocycles. The van der Waals surface area contributed by atoms with E-state index in [1.165, 1.54) is 21.7 Å². The summed E-state index contributed by atoms with van der Waals surface area (Å²) in [6, 6.07) is 9.91. The number of benzene rings is 1. The maximum absolute atomic E-state index is 12.5. The molecular formula is C18H26IN5O3S. The van der Waals surface area contributed by atoms with Crippen LogP contribution in [0.3, 0.4) is 0 Å². The van der Waals surface area contributed by atoms with E-state index in [2.05, 4.69) is 51.6 Å². The highest BCUT2D eigenvalue weighted by Gasteiger charge is 2.28. The molecule has 0 bridgehead atoms. The SMILES string of the molecule is CN=C(NCc1ccc(C)cc1)N1CCN(S(=O)(=O)Cc2ccon2)CC1.I. The summed E-state index contributed by atoms with van der Waals surface area (Å²) in [5.41, 5.74) is 2.83. The predicted octanol–water partition coefficient (Wildman–Crippen LogP) is 1.82. The van der Waals surface area contributed by atoms with Gasteiger partial charge in [0.05, 0.1) is 5.69 Å². The minimum atomic E-state index is -3.40. The van der Waals surface area contributed by atoms with Crippen LogP contribution in [0.15, 0.2) is 46.1 Å². The van der Waals surface area contributed by atoms with Gasteiger partial charge < -0.3 is 14.7 Å². The Balaban J connectivity index is 0.00000280. The van der Waals surface area contributed by atoms with Gasteiger partial charge in [-0.15, -0.1) is 24.0 Å². The molecule has 28 heavy (non-hydrogen) atoms. The lowest BCUT2D eigenvalue weighted by molar-refractivity contribution is 0.259. The highest BCUT2D eigenvalue weighted by Crippen LogP contribution is 2.13. The van der Waals surface area contributed by atoms with Gasteiger partial charge in [0.1, 0.15) is 12.0 Å². The predicted molar refractivity (Wildman–Crippen MR) is 119 cm³/mol. The number of aliphatic imine (C=N–C) groups is 1. The summed E-state index contributed by atoms with van der Waals surface area (Å²) < 4.78 is 31.3. The van der Waals surface area contributed by atoms with Crippen molar-refractivity contribution in [2.24, 2.45) is 4.99 Å². The summed E-state index contributed by atoms with van der Waals surface area (Å²) in [5.74, 6) is 0.647. The molecule has 154 valence electrons. The lowest BCUT2D eigenvalue weighted by Gasteiger charge is -2.35. The van der Waals surface area contributed by atoms with Crippen LogP contribution in [-0.2, 0) is 22.3 Å². The van der Waals surface area contributed by atoms with E-state index in [0.29, 0.717) is 38.4 Å². The minimum absolute atomic E-state index is 0. The lowest BCUT2D eigenvalue weighted by atomic mass is 10.1. The highest BCUT2D eigenvalue weighted by molar-refractivity contribution is 14.0. The summed E-state index contributed by atoms with van der Waals surface area (Å²) in [4.78, 5) is 6.41. The second kappa shape index (κ2) is 10.2. The normalized spacial score (nSPS) is 15.9. The van der Waals surface area contributed by atoms with Crippen molar-refractivity contribution in [2.75, 3.05) is 33.2 Å². The second-order valence-corrected chi connectivity index (χ2v) is 8.49. The Morgan fingerprint density at radius 3 is 2.43 bits per heavy atom. The molecule has 1 aliphatic heterocycles. The summed E-state index contributed by atoms with van der Waals surface area (Å²) >= 11 is 0. The highest BCUT2D eigenvalue weighted by atomic mass is 127. The third-order valence-corrected chi connectivity index (χ3v) is 6.35. The zero-order valence-electron chi connectivity index (χ0n) is 16.0. The molecule has 1 fully saturated rings. The molecule has 0 saturated carbocycles. The molecule has 0 atom stereocenters. The fourth-order valence-corrected chi connectivity index (χ4v) is 4.41. The minimum Gasteiger partial charge on any atom is -0.364 e. The van der Waals surface area contributed by atoms with Crippen LogP contribution >= 0.6 is 24.0 Å². The first-order valence-corrected chi connectivity index (χ1v) is 10.5. The van der Waals surface area contributed by atoms with Crippen molar-refractivity contribution < 1.29 is 12.9 Å². The van der Waals surface area contributed by atoms with Gasteiger partial charge in [-0.05, 0) is 12.5 Å². The first kappa shape index (κ1) is 22.6. The number of guanidine groups is 1. The average Bonchev–Trinajstić information content (AvgIpc) is 3.16. The van der Waals surface area contributed by atoms with E-state index in [-0.39, 0.29) is 29.7 Å². The van der Waals surface area contributed by atoms with Gasteiger partial charge in [0, 0.05) is 45.8 Å². The van der Waals surface area contributed by atoms with E-state index >= 15 is 0 Å². The number of nitrogens with zero attached hydrogens (tertiary/aromatic N) is 4. The van der Waals surface area contributed by atoms with Gasteiger partial charge in [0.25, 0.3) is 0 Å².